The third-order valence-corrected chi connectivity index (χ3v) is 5.87. The summed E-state index contributed by atoms with van der Waals surface area (Å²) in [5, 5.41) is 4.40. The maximum Gasteiger partial charge on any atom is 0.293 e. The number of thioether (sulfide) groups is 1. The number of rotatable bonds is 8. The second-order valence-corrected chi connectivity index (χ2v) is 8.02. The van der Waals surface area contributed by atoms with E-state index in [0.29, 0.717) is 17.9 Å². The van der Waals surface area contributed by atoms with Gasteiger partial charge in [0.25, 0.3) is 11.1 Å². The third-order valence-electron chi connectivity index (χ3n) is 4.15. The van der Waals surface area contributed by atoms with Crippen molar-refractivity contribution in [3.8, 4) is 5.75 Å². The minimum Gasteiger partial charge on any atom is -0.497 e. The van der Waals surface area contributed by atoms with Crippen LogP contribution in [-0.2, 0) is 16.0 Å². The van der Waals surface area contributed by atoms with E-state index in [0.717, 1.165) is 32.9 Å². The monoisotopic (exact) mass is 416 g/mol. The summed E-state index contributed by atoms with van der Waals surface area (Å²) in [6, 6.07) is 11.4. The van der Waals surface area contributed by atoms with Gasteiger partial charge in [0.2, 0.25) is 5.91 Å². The first kappa shape index (κ1) is 20.2. The van der Waals surface area contributed by atoms with Crippen LogP contribution in [0.1, 0.15) is 16.9 Å². The molecule has 2 heterocycles. The molecule has 0 spiro atoms. The molecular weight excluding hydrogens is 396 g/mol. The number of thiophene rings is 1. The van der Waals surface area contributed by atoms with Gasteiger partial charge in [-0.15, -0.1) is 11.3 Å². The molecule has 3 rings (SSSR count). The summed E-state index contributed by atoms with van der Waals surface area (Å²) < 4.78 is 5.11. The SMILES string of the molecule is COc1ccc(CCNC(=O)CCN2C(=O)S/C(=C\c3cccs3)C2=O)cc1. The van der Waals surface area contributed by atoms with Gasteiger partial charge in [-0.25, -0.2) is 0 Å². The summed E-state index contributed by atoms with van der Waals surface area (Å²) in [6.45, 7) is 0.576. The van der Waals surface area contributed by atoms with Crippen LogP contribution in [0.2, 0.25) is 0 Å². The number of hydrogen-bond acceptors (Lipinski definition) is 6. The maximum atomic E-state index is 12.4. The largest absolute Gasteiger partial charge is 0.497 e. The molecule has 1 saturated heterocycles. The molecule has 2 aromatic rings. The van der Waals surface area contributed by atoms with E-state index in [2.05, 4.69) is 5.32 Å². The zero-order valence-corrected chi connectivity index (χ0v) is 17.0. The van der Waals surface area contributed by atoms with Crippen molar-refractivity contribution in [1.82, 2.24) is 10.2 Å². The van der Waals surface area contributed by atoms with Crippen molar-refractivity contribution in [2.75, 3.05) is 20.2 Å². The number of amides is 3. The van der Waals surface area contributed by atoms with Gasteiger partial charge in [0, 0.05) is 24.4 Å². The summed E-state index contributed by atoms with van der Waals surface area (Å²) in [5.74, 6) is 0.266. The highest BCUT2D eigenvalue weighted by Crippen LogP contribution is 2.32. The Morgan fingerprint density at radius 3 is 2.68 bits per heavy atom. The predicted molar refractivity (Wildman–Crippen MR) is 111 cm³/mol. The second-order valence-electron chi connectivity index (χ2n) is 6.05. The number of benzene rings is 1. The molecule has 1 aliphatic heterocycles. The Hall–Kier alpha value is -2.58. The van der Waals surface area contributed by atoms with E-state index in [4.69, 9.17) is 4.74 Å². The Balaban J connectivity index is 1.43. The first-order chi connectivity index (χ1) is 13.6. The summed E-state index contributed by atoms with van der Waals surface area (Å²) in [7, 11) is 1.62. The fourth-order valence-electron chi connectivity index (χ4n) is 2.64. The quantitative estimate of drug-likeness (QED) is 0.666. The van der Waals surface area contributed by atoms with Crippen LogP contribution in [0.25, 0.3) is 6.08 Å². The molecule has 28 heavy (non-hydrogen) atoms. The highest BCUT2D eigenvalue weighted by Gasteiger charge is 2.35. The number of carbonyl (C=O) groups is 3. The zero-order valence-electron chi connectivity index (χ0n) is 15.3. The molecule has 1 fully saturated rings. The number of imide groups is 1. The van der Waals surface area contributed by atoms with Gasteiger partial charge < -0.3 is 10.1 Å². The van der Waals surface area contributed by atoms with Crippen LogP contribution in [0.4, 0.5) is 4.79 Å². The molecule has 0 atom stereocenters. The number of methoxy groups -OCH3 is 1. The van der Waals surface area contributed by atoms with E-state index in [1.807, 2.05) is 41.8 Å². The number of carbonyl (C=O) groups excluding carboxylic acids is 3. The lowest BCUT2D eigenvalue weighted by atomic mass is 10.1. The van der Waals surface area contributed by atoms with Crippen LogP contribution in [0, 0.1) is 0 Å². The van der Waals surface area contributed by atoms with Gasteiger partial charge >= 0.3 is 0 Å². The van der Waals surface area contributed by atoms with Crippen LogP contribution in [0.3, 0.4) is 0 Å². The van der Waals surface area contributed by atoms with Gasteiger partial charge in [-0.05, 0) is 53.4 Å². The molecule has 6 nitrogen and oxygen atoms in total. The predicted octanol–water partition coefficient (Wildman–Crippen LogP) is 3.54. The fourth-order valence-corrected chi connectivity index (χ4v) is 4.22. The Morgan fingerprint density at radius 2 is 2.00 bits per heavy atom. The van der Waals surface area contributed by atoms with Gasteiger partial charge in [-0.3, -0.25) is 19.3 Å². The summed E-state index contributed by atoms with van der Waals surface area (Å²) in [4.78, 5) is 38.9. The van der Waals surface area contributed by atoms with Gasteiger partial charge in [0.1, 0.15) is 5.75 Å². The smallest absolute Gasteiger partial charge is 0.293 e. The highest BCUT2D eigenvalue weighted by molar-refractivity contribution is 8.18. The Kier molecular flexibility index (Phi) is 6.89. The van der Waals surface area contributed by atoms with E-state index in [9.17, 15) is 14.4 Å². The topological polar surface area (TPSA) is 75.7 Å². The lowest BCUT2D eigenvalue weighted by molar-refractivity contribution is -0.124. The van der Waals surface area contributed by atoms with E-state index < -0.39 is 0 Å². The van der Waals surface area contributed by atoms with Gasteiger partial charge in [0.15, 0.2) is 0 Å². The van der Waals surface area contributed by atoms with Crippen LogP contribution in [0.5, 0.6) is 5.75 Å². The number of hydrogen-bond donors (Lipinski definition) is 1. The van der Waals surface area contributed by atoms with Crippen molar-refractivity contribution < 1.29 is 19.1 Å². The lowest BCUT2D eigenvalue weighted by Crippen LogP contribution is -2.34. The molecule has 0 bridgehead atoms. The van der Waals surface area contributed by atoms with Crippen LogP contribution in [0.15, 0.2) is 46.7 Å². The number of nitrogens with zero attached hydrogens (tertiary/aromatic N) is 1. The molecule has 1 aromatic heterocycles. The lowest BCUT2D eigenvalue weighted by Gasteiger charge is -2.12. The van der Waals surface area contributed by atoms with E-state index in [1.165, 1.54) is 11.3 Å². The average molecular weight is 417 g/mol. The highest BCUT2D eigenvalue weighted by atomic mass is 32.2. The fraction of sp³-hybridized carbons (Fsp3) is 0.250. The van der Waals surface area contributed by atoms with Gasteiger partial charge in [0.05, 0.1) is 12.0 Å². The standard InChI is InChI=1S/C20H20N2O4S2/c1-26-15-6-4-14(5-7-15)8-10-21-18(23)9-11-22-19(24)17(28-20(22)25)13-16-3-2-12-27-16/h2-7,12-13H,8-11H2,1H3,(H,21,23)/b17-13-. The molecule has 0 aliphatic carbocycles. The Bertz CT molecular complexity index is 876. The van der Waals surface area contributed by atoms with Crippen LogP contribution in [-0.4, -0.2) is 42.2 Å². The van der Waals surface area contributed by atoms with Crippen molar-refractivity contribution >= 4 is 46.2 Å². The minimum absolute atomic E-state index is 0.0841. The molecule has 1 aromatic carbocycles. The van der Waals surface area contributed by atoms with Crippen molar-refractivity contribution in [2.45, 2.75) is 12.8 Å². The van der Waals surface area contributed by atoms with E-state index >= 15 is 0 Å². The van der Waals surface area contributed by atoms with E-state index in [1.54, 1.807) is 13.2 Å². The summed E-state index contributed by atoms with van der Waals surface area (Å²) in [5.41, 5.74) is 1.09. The second kappa shape index (κ2) is 9.57. The molecule has 1 N–H and O–H groups in total. The molecule has 0 saturated carbocycles. The molecule has 0 radical (unpaired) electrons. The maximum absolute atomic E-state index is 12.4. The Morgan fingerprint density at radius 1 is 1.21 bits per heavy atom. The Labute approximate surface area is 171 Å². The van der Waals surface area contributed by atoms with Gasteiger partial charge in [-0.2, -0.15) is 0 Å². The molecule has 146 valence electrons. The normalized spacial score (nSPS) is 15.3. The van der Waals surface area contributed by atoms with Crippen molar-refractivity contribution in [3.05, 3.63) is 57.1 Å². The molecular formula is C20H20N2O4S2. The first-order valence-corrected chi connectivity index (χ1v) is 10.4. The minimum atomic E-state index is -0.338. The van der Waals surface area contributed by atoms with Gasteiger partial charge in [-0.1, -0.05) is 18.2 Å². The third kappa shape index (κ3) is 5.24. The summed E-state index contributed by atoms with van der Waals surface area (Å²) in [6.07, 6.45) is 2.50. The van der Waals surface area contributed by atoms with Crippen LogP contribution < -0.4 is 10.1 Å². The molecule has 0 unspecified atom stereocenters. The molecule has 1 aliphatic rings. The van der Waals surface area contributed by atoms with Crippen molar-refractivity contribution in [2.24, 2.45) is 0 Å². The summed E-state index contributed by atoms with van der Waals surface area (Å²) >= 11 is 2.41. The van der Waals surface area contributed by atoms with E-state index in [-0.39, 0.29) is 30.0 Å². The van der Waals surface area contributed by atoms with Crippen LogP contribution >= 0.6 is 23.1 Å². The van der Waals surface area contributed by atoms with Crippen molar-refractivity contribution in [3.63, 3.8) is 0 Å². The zero-order chi connectivity index (χ0) is 19.9. The number of ether oxygens (including phenoxy) is 1. The van der Waals surface area contributed by atoms with Crippen molar-refractivity contribution in [1.29, 1.82) is 0 Å². The molecule has 3 amide bonds. The first-order valence-electron chi connectivity index (χ1n) is 8.75. The average Bonchev–Trinajstić information content (AvgIpc) is 3.29. The number of nitrogens with one attached hydrogen (secondary N) is 1. The molecule has 8 heteroatoms.